The van der Waals surface area contributed by atoms with Crippen LogP contribution in [0.1, 0.15) is 5.56 Å². The van der Waals surface area contributed by atoms with Crippen LogP contribution in [0.5, 0.6) is 0 Å². The number of nitrogens with two attached hydrogens (primary N) is 1. The van der Waals surface area contributed by atoms with Crippen LogP contribution < -0.4 is 21.7 Å². The second-order valence-corrected chi connectivity index (χ2v) is 4.52. The molecule has 1 atom stereocenters. The lowest BCUT2D eigenvalue weighted by Gasteiger charge is -2.25. The molecule has 1 unspecified atom stereocenters. The molecular weight excluding hydrogens is 244 g/mol. The first kappa shape index (κ1) is 13.2. The topological polar surface area (TPSA) is 96.2 Å². The average Bonchev–Trinajstić information content (AvgIpc) is 2.42. The molecule has 0 aromatic heterocycles. The van der Waals surface area contributed by atoms with Crippen molar-refractivity contribution in [3.63, 3.8) is 0 Å². The smallest absolute Gasteiger partial charge is 0.312 e. The lowest BCUT2D eigenvalue weighted by atomic mass is 9.93. The maximum Gasteiger partial charge on any atom is 0.312 e. The molecule has 0 spiro atoms. The molecular formula is C13H18N4O2. The molecule has 0 bridgehead atoms. The maximum absolute atomic E-state index is 12.0. The summed E-state index contributed by atoms with van der Waals surface area (Å²) in [6.07, 6.45) is 0.734. The van der Waals surface area contributed by atoms with Crippen molar-refractivity contribution in [1.29, 1.82) is 0 Å². The van der Waals surface area contributed by atoms with E-state index in [-0.39, 0.29) is 11.8 Å². The van der Waals surface area contributed by atoms with Crippen molar-refractivity contribution in [3.8, 4) is 0 Å². The Morgan fingerprint density at radius 3 is 2.79 bits per heavy atom. The van der Waals surface area contributed by atoms with Crippen molar-refractivity contribution < 1.29 is 9.59 Å². The summed E-state index contributed by atoms with van der Waals surface area (Å²) in [7, 11) is 0. The van der Waals surface area contributed by atoms with Gasteiger partial charge in [0.2, 0.25) is 5.91 Å². The molecule has 19 heavy (non-hydrogen) atoms. The summed E-state index contributed by atoms with van der Waals surface area (Å²) in [6.45, 7) is 1.36. The van der Waals surface area contributed by atoms with Crippen molar-refractivity contribution in [2.24, 2.45) is 11.7 Å². The van der Waals surface area contributed by atoms with Gasteiger partial charge in [0.25, 0.3) is 0 Å². The van der Waals surface area contributed by atoms with Crippen molar-refractivity contribution >= 4 is 17.6 Å². The van der Waals surface area contributed by atoms with Crippen LogP contribution in [-0.4, -0.2) is 31.6 Å². The largest absolute Gasteiger partial charge is 0.384 e. The highest BCUT2D eigenvalue weighted by molar-refractivity contribution is 5.81. The highest BCUT2D eigenvalue weighted by atomic mass is 16.2. The third-order valence-corrected chi connectivity index (χ3v) is 3.12. The summed E-state index contributed by atoms with van der Waals surface area (Å²) < 4.78 is 0. The number of urea groups is 1. The Bertz CT molecular complexity index is 475. The third kappa shape index (κ3) is 3.61. The molecule has 0 aliphatic carbocycles. The molecule has 1 aliphatic heterocycles. The molecule has 1 aromatic rings. The number of nitrogens with one attached hydrogen (secondary N) is 3. The first-order valence-corrected chi connectivity index (χ1v) is 6.29. The summed E-state index contributed by atoms with van der Waals surface area (Å²) in [5.41, 5.74) is 7.19. The van der Waals surface area contributed by atoms with Crippen LogP contribution >= 0.6 is 0 Å². The van der Waals surface area contributed by atoms with Crippen molar-refractivity contribution in [2.45, 2.75) is 6.42 Å². The number of hydrogen-bond donors (Lipinski definition) is 4. The van der Waals surface area contributed by atoms with E-state index >= 15 is 0 Å². The highest BCUT2D eigenvalue weighted by Crippen LogP contribution is 2.24. The van der Waals surface area contributed by atoms with Gasteiger partial charge in [-0.1, -0.05) is 18.2 Å². The van der Waals surface area contributed by atoms with Gasteiger partial charge >= 0.3 is 6.03 Å². The normalized spacial score (nSPS) is 16.9. The minimum absolute atomic E-state index is 0.00623. The number of rotatable bonds is 4. The third-order valence-electron chi connectivity index (χ3n) is 3.12. The fourth-order valence-corrected chi connectivity index (χ4v) is 2.14. The molecule has 6 heteroatoms. The number of primary amides is 1. The fraction of sp³-hybridized carbons (Fsp3) is 0.385. The van der Waals surface area contributed by atoms with E-state index in [9.17, 15) is 9.59 Å². The van der Waals surface area contributed by atoms with E-state index < -0.39 is 6.03 Å². The van der Waals surface area contributed by atoms with Crippen LogP contribution in [0.3, 0.4) is 0 Å². The summed E-state index contributed by atoms with van der Waals surface area (Å²) in [4.78, 5) is 22.4. The standard InChI is InChI=1S/C13H18N4O2/c14-13(19)16-6-5-15-12(18)10-7-9-3-1-2-4-11(9)17-8-10/h1-4,10,17H,5-8H2,(H,15,18)(H3,14,16,19). The number of amides is 3. The Labute approximate surface area is 111 Å². The van der Waals surface area contributed by atoms with Crippen LogP contribution in [0.4, 0.5) is 10.5 Å². The molecule has 1 aliphatic rings. The van der Waals surface area contributed by atoms with Crippen LogP contribution in [0.15, 0.2) is 24.3 Å². The van der Waals surface area contributed by atoms with E-state index in [1.807, 2.05) is 24.3 Å². The van der Waals surface area contributed by atoms with Gasteiger partial charge in [-0.3, -0.25) is 4.79 Å². The van der Waals surface area contributed by atoms with Crippen molar-refractivity contribution in [2.75, 3.05) is 25.0 Å². The number of anilines is 1. The first-order chi connectivity index (χ1) is 9.16. The predicted octanol–water partition coefficient (Wildman–Crippen LogP) is 0.0553. The highest BCUT2D eigenvalue weighted by Gasteiger charge is 2.23. The zero-order chi connectivity index (χ0) is 13.7. The summed E-state index contributed by atoms with van der Waals surface area (Å²) in [5.74, 6) is -0.0863. The van der Waals surface area contributed by atoms with Crippen LogP contribution in [0, 0.1) is 5.92 Å². The minimum Gasteiger partial charge on any atom is -0.384 e. The van der Waals surface area contributed by atoms with Gasteiger partial charge in [0, 0.05) is 25.3 Å². The molecule has 1 heterocycles. The van der Waals surface area contributed by atoms with Gasteiger partial charge in [0.05, 0.1) is 5.92 Å². The zero-order valence-corrected chi connectivity index (χ0v) is 10.6. The quantitative estimate of drug-likeness (QED) is 0.577. The summed E-state index contributed by atoms with van der Waals surface area (Å²) in [6, 6.07) is 7.40. The van der Waals surface area contributed by atoms with E-state index in [4.69, 9.17) is 5.73 Å². The van der Waals surface area contributed by atoms with Gasteiger partial charge in [-0.2, -0.15) is 0 Å². The number of carbonyl (C=O) groups is 2. The maximum atomic E-state index is 12.0. The predicted molar refractivity (Wildman–Crippen MR) is 72.7 cm³/mol. The number of para-hydroxylation sites is 1. The number of carbonyl (C=O) groups excluding carboxylic acids is 2. The van der Waals surface area contributed by atoms with Gasteiger partial charge in [-0.25, -0.2) is 4.79 Å². The lowest BCUT2D eigenvalue weighted by Crippen LogP contribution is -2.42. The summed E-state index contributed by atoms with van der Waals surface area (Å²) >= 11 is 0. The molecule has 102 valence electrons. The van der Waals surface area contributed by atoms with E-state index in [1.54, 1.807) is 0 Å². The number of fused-ring (bicyclic) bond motifs is 1. The molecule has 0 saturated carbocycles. The lowest BCUT2D eigenvalue weighted by molar-refractivity contribution is -0.124. The molecule has 0 fully saturated rings. The molecule has 2 rings (SSSR count). The van der Waals surface area contributed by atoms with E-state index in [0.29, 0.717) is 19.6 Å². The molecule has 6 nitrogen and oxygen atoms in total. The van der Waals surface area contributed by atoms with Crippen LogP contribution in [0.25, 0.3) is 0 Å². The molecule has 3 amide bonds. The average molecular weight is 262 g/mol. The van der Waals surface area contributed by atoms with E-state index in [1.165, 1.54) is 0 Å². The monoisotopic (exact) mass is 262 g/mol. The second-order valence-electron chi connectivity index (χ2n) is 4.52. The van der Waals surface area contributed by atoms with Gasteiger partial charge in [0.15, 0.2) is 0 Å². The van der Waals surface area contributed by atoms with Gasteiger partial charge in [-0.15, -0.1) is 0 Å². The Hall–Kier alpha value is -2.24. The van der Waals surface area contributed by atoms with Crippen LogP contribution in [-0.2, 0) is 11.2 Å². The Morgan fingerprint density at radius 1 is 1.26 bits per heavy atom. The van der Waals surface area contributed by atoms with Crippen molar-refractivity contribution in [1.82, 2.24) is 10.6 Å². The molecule has 0 saturated heterocycles. The van der Waals surface area contributed by atoms with Gasteiger partial charge < -0.3 is 21.7 Å². The van der Waals surface area contributed by atoms with Gasteiger partial charge in [0.1, 0.15) is 0 Å². The molecule has 1 aromatic carbocycles. The van der Waals surface area contributed by atoms with E-state index in [0.717, 1.165) is 17.7 Å². The Morgan fingerprint density at radius 2 is 2.00 bits per heavy atom. The fourth-order valence-electron chi connectivity index (χ4n) is 2.14. The SMILES string of the molecule is NC(=O)NCCNC(=O)C1CNc2ccccc2C1. The molecule has 5 N–H and O–H groups in total. The van der Waals surface area contributed by atoms with Gasteiger partial charge in [-0.05, 0) is 18.1 Å². The molecule has 0 radical (unpaired) electrons. The Balaban J connectivity index is 1.80. The Kier molecular flexibility index (Phi) is 4.22. The number of hydrogen-bond acceptors (Lipinski definition) is 3. The minimum atomic E-state index is -0.581. The van der Waals surface area contributed by atoms with Crippen molar-refractivity contribution in [3.05, 3.63) is 29.8 Å². The zero-order valence-electron chi connectivity index (χ0n) is 10.6. The number of benzene rings is 1. The second kappa shape index (κ2) is 6.08. The summed E-state index contributed by atoms with van der Waals surface area (Å²) in [5, 5.41) is 8.47. The van der Waals surface area contributed by atoms with Crippen LogP contribution in [0.2, 0.25) is 0 Å². The van der Waals surface area contributed by atoms with E-state index in [2.05, 4.69) is 16.0 Å². The first-order valence-electron chi connectivity index (χ1n) is 6.29.